The van der Waals surface area contributed by atoms with Crippen molar-refractivity contribution in [3.05, 3.63) is 46.3 Å². The first-order valence-corrected chi connectivity index (χ1v) is 6.37. The zero-order chi connectivity index (χ0) is 14.7. The molecule has 0 saturated heterocycles. The van der Waals surface area contributed by atoms with Crippen LogP contribution in [0.1, 0.15) is 5.56 Å². The summed E-state index contributed by atoms with van der Waals surface area (Å²) in [5, 5.41) is 20.6. The van der Waals surface area contributed by atoms with Gasteiger partial charge in [-0.1, -0.05) is 12.1 Å². The molecular formula is C16H10O5. The zero-order valence-corrected chi connectivity index (χ0v) is 11.0. The molecule has 0 bridgehead atoms. The van der Waals surface area contributed by atoms with Gasteiger partial charge in [0.25, 0.3) is 0 Å². The van der Waals surface area contributed by atoms with Crippen molar-refractivity contribution in [1.29, 1.82) is 0 Å². The zero-order valence-electron chi connectivity index (χ0n) is 11.0. The van der Waals surface area contributed by atoms with E-state index in [0.717, 1.165) is 5.56 Å². The van der Waals surface area contributed by atoms with Gasteiger partial charge in [-0.25, -0.2) is 4.79 Å². The minimum Gasteiger partial charge on any atom is -0.504 e. The summed E-state index contributed by atoms with van der Waals surface area (Å²) in [5.74, 6) is -0.610. The summed E-state index contributed by atoms with van der Waals surface area (Å²) in [6.07, 6.45) is 0. The van der Waals surface area contributed by atoms with Crippen LogP contribution in [0.2, 0.25) is 0 Å². The third-order valence-electron chi connectivity index (χ3n) is 3.65. The number of phenolic OH excluding ortho intramolecular Hbond substituents is 2. The maximum Gasteiger partial charge on any atom is 0.348 e. The predicted octanol–water partition coefficient (Wildman–Crippen LogP) is 3.41. The Hall–Kier alpha value is -2.95. The molecular weight excluding hydrogens is 272 g/mol. The van der Waals surface area contributed by atoms with E-state index >= 15 is 0 Å². The fraction of sp³-hybridized carbons (Fsp3) is 0.0625. The molecule has 0 fully saturated rings. The number of hydrogen-bond donors (Lipinski definition) is 2. The number of phenols is 2. The van der Waals surface area contributed by atoms with Gasteiger partial charge in [0, 0.05) is 11.5 Å². The van der Waals surface area contributed by atoms with Crippen LogP contribution in [0.5, 0.6) is 11.5 Å². The van der Waals surface area contributed by atoms with E-state index in [-0.39, 0.29) is 16.9 Å². The lowest BCUT2D eigenvalue weighted by atomic mass is 10.1. The number of furan rings is 1. The molecule has 0 amide bonds. The molecule has 0 aliphatic rings. The van der Waals surface area contributed by atoms with Crippen molar-refractivity contribution in [3.8, 4) is 11.5 Å². The minimum atomic E-state index is -0.535. The SMILES string of the molecule is Cc1cccc2oc(=O)c3c4cc(O)c(O)cc4oc3c12. The van der Waals surface area contributed by atoms with Gasteiger partial charge >= 0.3 is 5.63 Å². The van der Waals surface area contributed by atoms with Gasteiger partial charge in [-0.3, -0.25) is 0 Å². The van der Waals surface area contributed by atoms with E-state index in [2.05, 4.69) is 0 Å². The molecule has 104 valence electrons. The van der Waals surface area contributed by atoms with Gasteiger partial charge in [-0.15, -0.1) is 0 Å². The standard InChI is InChI=1S/C16H10O5/c1-7-3-2-4-11-13(7)15-14(16(19)21-11)8-5-9(17)10(18)6-12(8)20-15/h2-6,17-18H,1H3. The van der Waals surface area contributed by atoms with Crippen molar-refractivity contribution in [2.75, 3.05) is 0 Å². The van der Waals surface area contributed by atoms with E-state index < -0.39 is 5.63 Å². The molecule has 2 N–H and O–H groups in total. The van der Waals surface area contributed by atoms with Crippen molar-refractivity contribution in [2.45, 2.75) is 6.92 Å². The molecule has 0 radical (unpaired) electrons. The fourth-order valence-electron chi connectivity index (χ4n) is 2.67. The molecule has 4 aromatic rings. The lowest BCUT2D eigenvalue weighted by Crippen LogP contribution is -1.98. The van der Waals surface area contributed by atoms with Crippen molar-refractivity contribution in [3.63, 3.8) is 0 Å². The average Bonchev–Trinajstić information content (AvgIpc) is 2.78. The molecule has 0 aliphatic carbocycles. The van der Waals surface area contributed by atoms with Gasteiger partial charge in [-0.2, -0.15) is 0 Å². The van der Waals surface area contributed by atoms with E-state index in [1.165, 1.54) is 12.1 Å². The Morgan fingerprint density at radius 3 is 2.52 bits per heavy atom. The predicted molar refractivity (Wildman–Crippen MR) is 77.8 cm³/mol. The Labute approximate surface area is 117 Å². The summed E-state index contributed by atoms with van der Waals surface area (Å²) in [6.45, 7) is 1.89. The second-order valence-electron chi connectivity index (χ2n) is 4.98. The van der Waals surface area contributed by atoms with Crippen LogP contribution in [-0.2, 0) is 0 Å². The van der Waals surface area contributed by atoms with Crippen molar-refractivity contribution in [1.82, 2.24) is 0 Å². The largest absolute Gasteiger partial charge is 0.504 e. The molecule has 0 saturated carbocycles. The Kier molecular flexibility index (Phi) is 2.14. The third-order valence-corrected chi connectivity index (χ3v) is 3.65. The molecule has 5 nitrogen and oxygen atoms in total. The van der Waals surface area contributed by atoms with Gasteiger partial charge < -0.3 is 19.0 Å². The highest BCUT2D eigenvalue weighted by Crippen LogP contribution is 2.38. The highest BCUT2D eigenvalue weighted by atomic mass is 16.4. The van der Waals surface area contributed by atoms with Gasteiger partial charge in [0.1, 0.15) is 16.6 Å². The summed E-state index contributed by atoms with van der Waals surface area (Å²) in [4.78, 5) is 12.2. The highest BCUT2D eigenvalue weighted by Gasteiger charge is 2.18. The van der Waals surface area contributed by atoms with E-state index in [0.29, 0.717) is 27.5 Å². The molecule has 0 aliphatic heterocycles. The second-order valence-corrected chi connectivity index (χ2v) is 4.98. The summed E-state index contributed by atoms with van der Waals surface area (Å²) < 4.78 is 11.1. The van der Waals surface area contributed by atoms with Crippen LogP contribution < -0.4 is 5.63 Å². The normalized spacial score (nSPS) is 11.7. The van der Waals surface area contributed by atoms with Crippen LogP contribution in [0.25, 0.3) is 32.9 Å². The summed E-state index contributed by atoms with van der Waals surface area (Å²) in [7, 11) is 0. The summed E-state index contributed by atoms with van der Waals surface area (Å²) in [6, 6.07) is 7.98. The van der Waals surface area contributed by atoms with Crippen LogP contribution in [0, 0.1) is 6.92 Å². The molecule has 2 heterocycles. The molecule has 0 unspecified atom stereocenters. The Bertz CT molecular complexity index is 1080. The Morgan fingerprint density at radius 1 is 0.952 bits per heavy atom. The molecule has 21 heavy (non-hydrogen) atoms. The van der Waals surface area contributed by atoms with E-state index in [1.807, 2.05) is 13.0 Å². The van der Waals surface area contributed by atoms with Gasteiger partial charge in [0.2, 0.25) is 0 Å². The number of hydrogen-bond acceptors (Lipinski definition) is 5. The summed E-state index contributed by atoms with van der Waals surface area (Å²) >= 11 is 0. The lowest BCUT2D eigenvalue weighted by molar-refractivity contribution is 0.404. The monoisotopic (exact) mass is 282 g/mol. The van der Waals surface area contributed by atoms with Crippen molar-refractivity contribution < 1.29 is 19.0 Å². The van der Waals surface area contributed by atoms with E-state index in [9.17, 15) is 15.0 Å². The quantitative estimate of drug-likeness (QED) is 0.381. The van der Waals surface area contributed by atoms with Crippen LogP contribution in [0.3, 0.4) is 0 Å². The maximum atomic E-state index is 12.2. The molecule has 0 spiro atoms. The smallest absolute Gasteiger partial charge is 0.348 e. The number of aromatic hydroxyl groups is 2. The number of benzene rings is 2. The Balaban J connectivity index is 2.37. The average molecular weight is 282 g/mol. The second kappa shape index (κ2) is 3.79. The van der Waals surface area contributed by atoms with Gasteiger partial charge in [0.15, 0.2) is 17.1 Å². The number of rotatable bonds is 0. The van der Waals surface area contributed by atoms with E-state index in [4.69, 9.17) is 8.83 Å². The molecule has 2 aromatic heterocycles. The lowest BCUT2D eigenvalue weighted by Gasteiger charge is -2.00. The highest BCUT2D eigenvalue weighted by molar-refractivity contribution is 6.14. The van der Waals surface area contributed by atoms with Crippen LogP contribution >= 0.6 is 0 Å². The number of fused-ring (bicyclic) bond motifs is 5. The van der Waals surface area contributed by atoms with Crippen LogP contribution in [0.4, 0.5) is 0 Å². The first-order valence-electron chi connectivity index (χ1n) is 6.37. The fourth-order valence-corrected chi connectivity index (χ4v) is 2.67. The third kappa shape index (κ3) is 1.48. The molecule has 0 atom stereocenters. The Morgan fingerprint density at radius 2 is 1.71 bits per heavy atom. The van der Waals surface area contributed by atoms with E-state index in [1.54, 1.807) is 12.1 Å². The first kappa shape index (κ1) is 11.8. The minimum absolute atomic E-state index is 0.266. The van der Waals surface area contributed by atoms with Gasteiger partial charge in [-0.05, 0) is 24.6 Å². The summed E-state index contributed by atoms with van der Waals surface area (Å²) in [5.41, 5.74) is 1.54. The van der Waals surface area contributed by atoms with Crippen LogP contribution in [-0.4, -0.2) is 10.2 Å². The van der Waals surface area contributed by atoms with Crippen molar-refractivity contribution >= 4 is 32.9 Å². The van der Waals surface area contributed by atoms with Gasteiger partial charge in [0.05, 0.1) is 5.39 Å². The molecule has 2 aromatic carbocycles. The van der Waals surface area contributed by atoms with Crippen molar-refractivity contribution in [2.24, 2.45) is 0 Å². The maximum absolute atomic E-state index is 12.2. The van der Waals surface area contributed by atoms with Crippen LogP contribution in [0.15, 0.2) is 44.0 Å². The first-order chi connectivity index (χ1) is 10.1. The molecule has 5 heteroatoms. The topological polar surface area (TPSA) is 83.8 Å². The number of aryl methyl sites for hydroxylation is 1. The molecule has 4 rings (SSSR count).